The molecule has 0 bridgehead atoms. The average Bonchev–Trinajstić information content (AvgIpc) is 3.27. The molecule has 2 unspecified atom stereocenters. The molecule has 5 heteroatoms. The van der Waals surface area contributed by atoms with Gasteiger partial charge in [-0.15, -0.1) is 0 Å². The molecule has 1 saturated heterocycles. The zero-order valence-corrected chi connectivity index (χ0v) is 12.5. The van der Waals surface area contributed by atoms with Crippen molar-refractivity contribution in [1.29, 1.82) is 0 Å². The van der Waals surface area contributed by atoms with Gasteiger partial charge < -0.3 is 15.0 Å². The average molecular weight is 296 g/mol. The number of ether oxygens (including phenoxy) is 1. The van der Waals surface area contributed by atoms with Crippen LogP contribution in [-0.4, -0.2) is 31.3 Å². The first-order chi connectivity index (χ1) is 9.99. The molecule has 3 rings (SSSR count). The van der Waals surface area contributed by atoms with Gasteiger partial charge in [0.05, 0.1) is 5.69 Å². The first-order valence-corrected chi connectivity index (χ1v) is 7.55. The van der Waals surface area contributed by atoms with Crippen molar-refractivity contribution in [3.8, 4) is 5.75 Å². The lowest BCUT2D eigenvalue weighted by Gasteiger charge is -2.47. The first kappa shape index (κ1) is 14.6. The van der Waals surface area contributed by atoms with Gasteiger partial charge >= 0.3 is 6.61 Å². The maximum Gasteiger partial charge on any atom is 0.387 e. The summed E-state index contributed by atoms with van der Waals surface area (Å²) >= 11 is 0. The van der Waals surface area contributed by atoms with Crippen LogP contribution in [0.5, 0.6) is 5.75 Å². The Morgan fingerprint density at radius 1 is 1.33 bits per heavy atom. The van der Waals surface area contributed by atoms with Gasteiger partial charge in [0.1, 0.15) is 5.75 Å². The summed E-state index contributed by atoms with van der Waals surface area (Å²) < 4.78 is 29.9. The number of piperazine rings is 1. The van der Waals surface area contributed by atoms with Crippen LogP contribution in [-0.2, 0) is 0 Å². The number of para-hydroxylation sites is 2. The zero-order valence-electron chi connectivity index (χ0n) is 12.5. The maximum absolute atomic E-state index is 12.6. The minimum atomic E-state index is -2.79. The second kappa shape index (κ2) is 5.44. The van der Waals surface area contributed by atoms with E-state index in [4.69, 9.17) is 4.74 Å². The summed E-state index contributed by atoms with van der Waals surface area (Å²) in [5, 5.41) is 3.64. The van der Waals surface area contributed by atoms with E-state index in [1.165, 1.54) is 12.8 Å². The second-order valence-electron chi connectivity index (χ2n) is 6.40. The highest BCUT2D eigenvalue weighted by atomic mass is 19.3. The second-order valence-corrected chi connectivity index (χ2v) is 6.40. The number of nitrogens with one attached hydrogen (secondary N) is 1. The highest BCUT2D eigenvalue weighted by molar-refractivity contribution is 5.60. The lowest BCUT2D eigenvalue weighted by atomic mass is 9.90. The minimum Gasteiger partial charge on any atom is -0.433 e. The molecule has 1 saturated carbocycles. The van der Waals surface area contributed by atoms with Crippen molar-refractivity contribution in [2.45, 2.75) is 44.9 Å². The Labute approximate surface area is 124 Å². The molecule has 1 N–H and O–H groups in total. The van der Waals surface area contributed by atoms with Gasteiger partial charge in [-0.3, -0.25) is 0 Å². The lowest BCUT2D eigenvalue weighted by molar-refractivity contribution is -0.0496. The predicted octanol–water partition coefficient (Wildman–Crippen LogP) is 3.25. The molecule has 2 aliphatic rings. The Morgan fingerprint density at radius 3 is 2.71 bits per heavy atom. The van der Waals surface area contributed by atoms with Gasteiger partial charge in [0, 0.05) is 24.7 Å². The number of alkyl halides is 2. The van der Waals surface area contributed by atoms with Crippen molar-refractivity contribution < 1.29 is 13.5 Å². The fourth-order valence-corrected chi connectivity index (χ4v) is 3.26. The molecule has 1 aliphatic heterocycles. The van der Waals surface area contributed by atoms with Crippen molar-refractivity contribution in [1.82, 2.24) is 5.32 Å². The fourth-order valence-electron chi connectivity index (χ4n) is 3.26. The number of hydrogen-bond donors (Lipinski definition) is 1. The Morgan fingerprint density at radius 2 is 2.05 bits per heavy atom. The van der Waals surface area contributed by atoms with Gasteiger partial charge in [0.2, 0.25) is 0 Å². The number of hydrogen-bond acceptors (Lipinski definition) is 3. The van der Waals surface area contributed by atoms with Gasteiger partial charge in [-0.2, -0.15) is 8.78 Å². The van der Waals surface area contributed by atoms with Crippen LogP contribution in [0, 0.1) is 5.92 Å². The lowest BCUT2D eigenvalue weighted by Crippen LogP contribution is -2.63. The molecule has 1 aromatic carbocycles. The van der Waals surface area contributed by atoms with Crippen LogP contribution in [0.25, 0.3) is 0 Å². The van der Waals surface area contributed by atoms with Crippen LogP contribution in [0.15, 0.2) is 24.3 Å². The molecule has 0 spiro atoms. The minimum absolute atomic E-state index is 0.0600. The summed E-state index contributed by atoms with van der Waals surface area (Å²) in [6, 6.07) is 7.34. The molecule has 21 heavy (non-hydrogen) atoms. The Kier molecular flexibility index (Phi) is 3.78. The van der Waals surface area contributed by atoms with Crippen molar-refractivity contribution in [2.24, 2.45) is 5.92 Å². The number of rotatable bonds is 4. The predicted molar refractivity (Wildman–Crippen MR) is 79.0 cm³/mol. The molecule has 0 amide bonds. The standard InChI is InChI=1S/C16H22F2N2O/c1-11-9-19-16(2,12-7-8-12)10-20(11)13-5-3-4-6-14(13)21-15(17)18/h3-6,11-12,15,19H,7-10H2,1-2H3. The molecule has 3 nitrogen and oxygen atoms in total. The highest BCUT2D eigenvalue weighted by Gasteiger charge is 2.45. The third-order valence-electron chi connectivity index (χ3n) is 4.70. The normalized spacial score (nSPS) is 29.8. The van der Waals surface area contributed by atoms with E-state index in [0.717, 1.165) is 18.8 Å². The Balaban J connectivity index is 1.87. The van der Waals surface area contributed by atoms with Crippen LogP contribution in [0.1, 0.15) is 26.7 Å². The molecule has 2 atom stereocenters. The van der Waals surface area contributed by atoms with Crippen molar-refractivity contribution >= 4 is 5.69 Å². The summed E-state index contributed by atoms with van der Waals surface area (Å²) in [6.07, 6.45) is 2.50. The number of nitrogens with zero attached hydrogens (tertiary/aromatic N) is 1. The van der Waals surface area contributed by atoms with Gasteiger partial charge in [0.25, 0.3) is 0 Å². The van der Waals surface area contributed by atoms with Crippen molar-refractivity contribution in [3.63, 3.8) is 0 Å². The quantitative estimate of drug-likeness (QED) is 0.923. The summed E-state index contributed by atoms with van der Waals surface area (Å²) in [5.41, 5.74) is 0.823. The smallest absolute Gasteiger partial charge is 0.387 e. The molecule has 116 valence electrons. The summed E-state index contributed by atoms with van der Waals surface area (Å²) in [4.78, 5) is 2.20. The van der Waals surface area contributed by atoms with Crippen LogP contribution in [0.3, 0.4) is 0 Å². The topological polar surface area (TPSA) is 24.5 Å². The van der Waals surface area contributed by atoms with E-state index in [0.29, 0.717) is 5.92 Å². The summed E-state index contributed by atoms with van der Waals surface area (Å²) in [6.45, 7) is 3.23. The van der Waals surface area contributed by atoms with Crippen molar-refractivity contribution in [3.05, 3.63) is 24.3 Å². The van der Waals surface area contributed by atoms with Crippen LogP contribution >= 0.6 is 0 Å². The highest BCUT2D eigenvalue weighted by Crippen LogP contribution is 2.43. The molecule has 1 aromatic rings. The SMILES string of the molecule is CC1CNC(C)(C2CC2)CN1c1ccccc1OC(F)F. The van der Waals surface area contributed by atoms with Gasteiger partial charge in [-0.25, -0.2) is 0 Å². The van der Waals surface area contributed by atoms with Gasteiger partial charge in [-0.1, -0.05) is 12.1 Å². The Bertz CT molecular complexity index is 507. The summed E-state index contributed by atoms with van der Waals surface area (Å²) in [5.74, 6) is 0.954. The van der Waals surface area contributed by atoms with Gasteiger partial charge in [0.15, 0.2) is 0 Å². The monoisotopic (exact) mass is 296 g/mol. The molecular formula is C16H22F2N2O. The van der Waals surface area contributed by atoms with Crippen molar-refractivity contribution in [2.75, 3.05) is 18.0 Å². The van der Waals surface area contributed by atoms with E-state index in [1.807, 2.05) is 12.1 Å². The van der Waals surface area contributed by atoms with E-state index in [9.17, 15) is 8.78 Å². The van der Waals surface area contributed by atoms with Crippen LogP contribution in [0.2, 0.25) is 0 Å². The largest absolute Gasteiger partial charge is 0.433 e. The van der Waals surface area contributed by atoms with E-state index >= 15 is 0 Å². The van der Waals surface area contributed by atoms with E-state index < -0.39 is 6.61 Å². The number of benzene rings is 1. The molecular weight excluding hydrogens is 274 g/mol. The van der Waals surface area contributed by atoms with E-state index in [-0.39, 0.29) is 17.3 Å². The number of anilines is 1. The van der Waals surface area contributed by atoms with Crippen LogP contribution < -0.4 is 15.0 Å². The van der Waals surface area contributed by atoms with E-state index in [2.05, 4.69) is 24.1 Å². The van der Waals surface area contributed by atoms with E-state index in [1.54, 1.807) is 12.1 Å². The third kappa shape index (κ3) is 2.98. The molecule has 0 radical (unpaired) electrons. The molecule has 0 aromatic heterocycles. The molecule has 2 fully saturated rings. The fraction of sp³-hybridized carbons (Fsp3) is 0.625. The zero-order chi connectivity index (χ0) is 15.0. The number of halogens is 2. The third-order valence-corrected chi connectivity index (χ3v) is 4.70. The maximum atomic E-state index is 12.6. The van der Waals surface area contributed by atoms with Crippen LogP contribution in [0.4, 0.5) is 14.5 Å². The Hall–Kier alpha value is -1.36. The summed E-state index contributed by atoms with van der Waals surface area (Å²) in [7, 11) is 0. The first-order valence-electron chi connectivity index (χ1n) is 7.55. The molecule has 1 aliphatic carbocycles. The molecule has 1 heterocycles. The van der Waals surface area contributed by atoms with Gasteiger partial charge in [-0.05, 0) is 44.7 Å².